The fraction of sp³-hybridized carbons (Fsp3) is 0.368. The Morgan fingerprint density at radius 3 is 2.77 bits per heavy atom. The van der Waals surface area contributed by atoms with Gasteiger partial charge in [0, 0.05) is 6.07 Å². The van der Waals surface area contributed by atoms with E-state index < -0.39 is 12.0 Å². The highest BCUT2D eigenvalue weighted by atomic mass is 79.9. The topological polar surface area (TPSA) is 80.7 Å². The number of hydrogen-bond donors (Lipinski definition) is 2. The Kier molecular flexibility index (Phi) is 6.11. The fourth-order valence-electron chi connectivity index (χ4n) is 3.00. The average Bonchev–Trinajstić information content (AvgIpc) is 3.05. The summed E-state index contributed by atoms with van der Waals surface area (Å²) in [5, 5.41) is 12.8. The zero-order chi connectivity index (χ0) is 18.5. The summed E-state index contributed by atoms with van der Waals surface area (Å²) >= 11 is 3.30. The van der Waals surface area contributed by atoms with Crippen molar-refractivity contribution in [1.29, 1.82) is 0 Å². The molecule has 2 aromatic rings. The number of nitrogens with zero attached hydrogens (tertiary/aromatic N) is 1. The Morgan fingerprint density at radius 2 is 2.12 bits per heavy atom. The quantitative estimate of drug-likeness (QED) is 0.701. The molecule has 0 saturated heterocycles. The van der Waals surface area contributed by atoms with Crippen LogP contribution in [0.5, 0.6) is 11.5 Å². The summed E-state index contributed by atoms with van der Waals surface area (Å²) in [5.74, 6) is 0.308. The molecule has 1 heterocycles. The Hall–Kier alpha value is -2.12. The molecule has 1 saturated carbocycles. The van der Waals surface area contributed by atoms with Gasteiger partial charge in [-0.2, -0.15) is 0 Å². The van der Waals surface area contributed by atoms with Gasteiger partial charge in [-0.15, -0.1) is 0 Å². The summed E-state index contributed by atoms with van der Waals surface area (Å²) in [7, 11) is 1.51. The van der Waals surface area contributed by atoms with Crippen molar-refractivity contribution in [2.75, 3.05) is 7.11 Å². The minimum absolute atomic E-state index is 0.131. The van der Waals surface area contributed by atoms with E-state index in [4.69, 9.17) is 9.47 Å². The van der Waals surface area contributed by atoms with E-state index in [0.717, 1.165) is 18.4 Å². The van der Waals surface area contributed by atoms with Crippen molar-refractivity contribution < 1.29 is 19.4 Å². The number of aliphatic hydroxyl groups excluding tert-OH is 1. The molecular weight excluding hydrogens is 400 g/mol. The molecule has 6 nitrogen and oxygen atoms in total. The molecular formula is C19H21BrN2O4. The van der Waals surface area contributed by atoms with E-state index in [9.17, 15) is 9.90 Å². The standard InChI is InChI=1S/C19H21BrN2O4/c1-25-15-10-16(20)22-17(19(24)21-13-8-5-9-14(13)23)18(15)26-11-12-6-3-2-4-7-12/h2-4,6-7,10,13-14,23H,5,8-9,11H2,1H3,(H,21,24). The molecule has 7 heteroatoms. The predicted octanol–water partition coefficient (Wildman–Crippen LogP) is 3.07. The fourth-order valence-corrected chi connectivity index (χ4v) is 3.39. The number of ether oxygens (including phenoxy) is 2. The maximum atomic E-state index is 12.8. The number of benzene rings is 1. The molecule has 26 heavy (non-hydrogen) atoms. The number of nitrogens with one attached hydrogen (secondary N) is 1. The van der Waals surface area contributed by atoms with Crippen LogP contribution in [0.25, 0.3) is 0 Å². The molecule has 1 aromatic carbocycles. The van der Waals surface area contributed by atoms with E-state index in [0.29, 0.717) is 16.8 Å². The maximum Gasteiger partial charge on any atom is 0.274 e. The smallest absolute Gasteiger partial charge is 0.274 e. The van der Waals surface area contributed by atoms with Crippen LogP contribution in [0.2, 0.25) is 0 Å². The van der Waals surface area contributed by atoms with Crippen LogP contribution in [-0.4, -0.2) is 35.3 Å². The van der Waals surface area contributed by atoms with Gasteiger partial charge in [-0.1, -0.05) is 30.3 Å². The molecule has 0 bridgehead atoms. The summed E-state index contributed by atoms with van der Waals surface area (Å²) in [4.78, 5) is 17.0. The van der Waals surface area contributed by atoms with Gasteiger partial charge in [-0.05, 0) is 40.8 Å². The number of halogens is 1. The Balaban J connectivity index is 1.85. The lowest BCUT2D eigenvalue weighted by atomic mass is 10.2. The first kappa shape index (κ1) is 18.7. The number of carbonyl (C=O) groups excluding carboxylic acids is 1. The summed E-state index contributed by atoms with van der Waals surface area (Å²) < 4.78 is 11.7. The van der Waals surface area contributed by atoms with Crippen molar-refractivity contribution >= 4 is 21.8 Å². The van der Waals surface area contributed by atoms with Gasteiger partial charge >= 0.3 is 0 Å². The molecule has 1 aliphatic carbocycles. The van der Waals surface area contributed by atoms with Crippen LogP contribution in [0.1, 0.15) is 35.3 Å². The van der Waals surface area contributed by atoms with E-state index in [2.05, 4.69) is 26.2 Å². The molecule has 2 N–H and O–H groups in total. The monoisotopic (exact) mass is 420 g/mol. The zero-order valence-corrected chi connectivity index (χ0v) is 16.0. The van der Waals surface area contributed by atoms with E-state index in [1.807, 2.05) is 30.3 Å². The molecule has 0 spiro atoms. The molecule has 1 amide bonds. The second-order valence-electron chi connectivity index (χ2n) is 6.18. The molecule has 3 rings (SSSR count). The van der Waals surface area contributed by atoms with Gasteiger partial charge in [0.2, 0.25) is 0 Å². The van der Waals surface area contributed by atoms with E-state index in [-0.39, 0.29) is 24.1 Å². The van der Waals surface area contributed by atoms with Gasteiger partial charge in [0.25, 0.3) is 5.91 Å². The lowest BCUT2D eigenvalue weighted by Gasteiger charge is -2.19. The van der Waals surface area contributed by atoms with Gasteiger partial charge in [0.15, 0.2) is 17.2 Å². The number of rotatable bonds is 6. The van der Waals surface area contributed by atoms with Crippen LogP contribution in [0.15, 0.2) is 41.0 Å². The van der Waals surface area contributed by atoms with Gasteiger partial charge in [-0.25, -0.2) is 4.98 Å². The van der Waals surface area contributed by atoms with E-state index in [1.54, 1.807) is 6.07 Å². The second kappa shape index (κ2) is 8.51. The lowest BCUT2D eigenvalue weighted by molar-refractivity contribution is 0.0862. The summed E-state index contributed by atoms with van der Waals surface area (Å²) in [6, 6.07) is 11.0. The normalized spacial score (nSPS) is 19.2. The summed E-state index contributed by atoms with van der Waals surface area (Å²) in [6.45, 7) is 0.285. The zero-order valence-electron chi connectivity index (χ0n) is 14.4. The lowest BCUT2D eigenvalue weighted by Crippen LogP contribution is -2.40. The summed E-state index contributed by atoms with van der Waals surface area (Å²) in [5.41, 5.74) is 1.10. The third-order valence-corrected chi connectivity index (χ3v) is 4.77. The third-order valence-electron chi connectivity index (χ3n) is 4.36. The van der Waals surface area contributed by atoms with Crippen LogP contribution in [0, 0.1) is 0 Å². The number of pyridine rings is 1. The SMILES string of the molecule is COc1cc(Br)nc(C(=O)NC2CCCC2O)c1OCc1ccccc1. The van der Waals surface area contributed by atoms with Crippen molar-refractivity contribution in [3.8, 4) is 11.5 Å². The molecule has 1 fully saturated rings. The first-order valence-corrected chi connectivity index (χ1v) is 9.28. The van der Waals surface area contributed by atoms with Gasteiger partial charge in [0.05, 0.1) is 19.3 Å². The highest BCUT2D eigenvalue weighted by Gasteiger charge is 2.29. The molecule has 138 valence electrons. The summed E-state index contributed by atoms with van der Waals surface area (Å²) in [6.07, 6.45) is 1.80. The van der Waals surface area contributed by atoms with Crippen LogP contribution < -0.4 is 14.8 Å². The average molecular weight is 421 g/mol. The number of hydrogen-bond acceptors (Lipinski definition) is 5. The van der Waals surface area contributed by atoms with Crippen molar-refractivity contribution in [1.82, 2.24) is 10.3 Å². The van der Waals surface area contributed by atoms with Crippen LogP contribution >= 0.6 is 15.9 Å². The van der Waals surface area contributed by atoms with Crippen LogP contribution in [0.4, 0.5) is 0 Å². The molecule has 0 radical (unpaired) electrons. The number of methoxy groups -OCH3 is 1. The van der Waals surface area contributed by atoms with Gasteiger partial charge in [0.1, 0.15) is 11.2 Å². The Bertz CT molecular complexity index is 770. The largest absolute Gasteiger partial charge is 0.493 e. The molecule has 1 aliphatic rings. The first-order valence-electron chi connectivity index (χ1n) is 8.48. The van der Waals surface area contributed by atoms with Crippen molar-refractivity contribution in [2.45, 2.75) is 38.0 Å². The van der Waals surface area contributed by atoms with Crippen molar-refractivity contribution in [2.24, 2.45) is 0 Å². The van der Waals surface area contributed by atoms with E-state index >= 15 is 0 Å². The van der Waals surface area contributed by atoms with Crippen LogP contribution in [-0.2, 0) is 6.61 Å². The third kappa shape index (κ3) is 4.34. The second-order valence-corrected chi connectivity index (χ2v) is 6.99. The number of carbonyl (C=O) groups is 1. The highest BCUT2D eigenvalue weighted by Crippen LogP contribution is 2.33. The number of amides is 1. The van der Waals surface area contributed by atoms with Gasteiger partial charge in [-0.3, -0.25) is 4.79 Å². The first-order chi connectivity index (χ1) is 12.6. The van der Waals surface area contributed by atoms with Crippen molar-refractivity contribution in [3.05, 3.63) is 52.3 Å². The minimum atomic E-state index is -0.526. The molecule has 2 unspecified atom stereocenters. The molecule has 1 aromatic heterocycles. The number of aliphatic hydroxyl groups is 1. The van der Waals surface area contributed by atoms with Crippen molar-refractivity contribution in [3.63, 3.8) is 0 Å². The highest BCUT2D eigenvalue weighted by molar-refractivity contribution is 9.10. The van der Waals surface area contributed by atoms with Gasteiger partial charge < -0.3 is 19.9 Å². The Morgan fingerprint density at radius 1 is 1.35 bits per heavy atom. The van der Waals surface area contributed by atoms with Crippen LogP contribution in [0.3, 0.4) is 0 Å². The minimum Gasteiger partial charge on any atom is -0.493 e. The maximum absolute atomic E-state index is 12.8. The predicted molar refractivity (Wildman–Crippen MR) is 100 cm³/mol. The Labute approximate surface area is 160 Å². The molecule has 2 atom stereocenters. The van der Waals surface area contributed by atoms with E-state index in [1.165, 1.54) is 7.11 Å². The molecule has 0 aliphatic heterocycles. The number of aromatic nitrogens is 1.